The Balaban J connectivity index is 0.965. The Morgan fingerprint density at radius 2 is 1.00 bits per heavy atom. The summed E-state index contributed by atoms with van der Waals surface area (Å²) in [6.45, 7) is 0. The van der Waals surface area contributed by atoms with Gasteiger partial charge in [0.2, 0.25) is 0 Å². The molecule has 1 heterocycles. The molecule has 5 aliphatic carbocycles. The maximum absolute atomic E-state index is 6.51. The van der Waals surface area contributed by atoms with Crippen molar-refractivity contribution in [3.05, 3.63) is 199 Å². The van der Waals surface area contributed by atoms with Crippen LogP contribution in [0.3, 0.4) is 0 Å². The number of nitrogens with zero attached hydrogens (tertiary/aromatic N) is 1. The number of hydrogen-bond donors (Lipinski definition) is 0. The van der Waals surface area contributed by atoms with Crippen molar-refractivity contribution in [2.75, 3.05) is 4.90 Å². The molecule has 0 radical (unpaired) electrons. The van der Waals surface area contributed by atoms with Gasteiger partial charge < -0.3 is 9.32 Å². The van der Waals surface area contributed by atoms with E-state index in [0.29, 0.717) is 5.41 Å². The minimum absolute atomic E-state index is 0.138. The average Bonchev–Trinajstić information content (AvgIpc) is 4.00. The van der Waals surface area contributed by atoms with Crippen LogP contribution in [-0.4, -0.2) is 0 Å². The second-order valence-corrected chi connectivity index (χ2v) is 18.9. The fourth-order valence-corrected chi connectivity index (χ4v) is 14.5. The summed E-state index contributed by atoms with van der Waals surface area (Å²) in [6, 6.07) is 69.9. The molecule has 4 atom stereocenters. The number of hydrogen-bond acceptors (Lipinski definition) is 2. The Morgan fingerprint density at radius 1 is 0.426 bits per heavy atom. The normalized spacial score (nSPS) is 24.9. The number of rotatable bonds is 6. The summed E-state index contributed by atoms with van der Waals surface area (Å²) in [5, 5.41) is 2.30. The summed E-state index contributed by atoms with van der Waals surface area (Å²) in [5.41, 5.74) is 19.4. The third-order valence-electron chi connectivity index (χ3n) is 16.3. The Hall–Kier alpha value is -6.64. The number of furan rings is 1. The second-order valence-electron chi connectivity index (χ2n) is 18.9. The van der Waals surface area contributed by atoms with Crippen LogP contribution in [0.4, 0.5) is 17.1 Å². The number of anilines is 3. The molecule has 1 aromatic heterocycles. The summed E-state index contributed by atoms with van der Waals surface area (Å²) < 4.78 is 6.51. The molecule has 4 fully saturated rings. The lowest BCUT2D eigenvalue weighted by molar-refractivity contribution is -0.0820. The van der Waals surface area contributed by atoms with Gasteiger partial charge in [-0.1, -0.05) is 158 Å². The average molecular weight is 784 g/mol. The third-order valence-corrected chi connectivity index (χ3v) is 16.3. The third kappa shape index (κ3) is 4.47. The Kier molecular flexibility index (Phi) is 6.97. The minimum Gasteiger partial charge on any atom is -0.455 e. The summed E-state index contributed by atoms with van der Waals surface area (Å²) in [6.07, 6.45) is 7.24. The summed E-state index contributed by atoms with van der Waals surface area (Å²) in [5.74, 6) is 3.36. The lowest BCUT2D eigenvalue weighted by Gasteiger charge is -2.64. The van der Waals surface area contributed by atoms with Crippen molar-refractivity contribution in [2.24, 2.45) is 29.1 Å². The largest absolute Gasteiger partial charge is 0.455 e. The van der Waals surface area contributed by atoms with Crippen LogP contribution in [0, 0.1) is 29.1 Å². The first-order chi connectivity index (χ1) is 30.2. The molecule has 2 heteroatoms. The van der Waals surface area contributed by atoms with Gasteiger partial charge in [-0.2, -0.15) is 0 Å². The second kappa shape index (κ2) is 12.5. The van der Waals surface area contributed by atoms with E-state index in [-0.39, 0.29) is 5.41 Å². The van der Waals surface area contributed by atoms with Gasteiger partial charge in [0.15, 0.2) is 0 Å². The molecule has 5 aliphatic rings. The molecule has 2 nitrogen and oxygen atoms in total. The van der Waals surface area contributed by atoms with E-state index in [9.17, 15) is 0 Å². The monoisotopic (exact) mass is 783 g/mol. The van der Waals surface area contributed by atoms with E-state index in [2.05, 4.69) is 187 Å². The van der Waals surface area contributed by atoms with Crippen molar-refractivity contribution in [3.8, 4) is 44.5 Å². The molecule has 292 valence electrons. The molecule has 0 aliphatic heterocycles. The Labute approximate surface area is 357 Å². The summed E-state index contributed by atoms with van der Waals surface area (Å²) in [7, 11) is 0. The standard InChI is InChI=1S/C59H45NO/c1-2-14-39(15-3-1)42-16-5-9-25-51(42)60(41-30-28-40(29-31-41)43-20-12-22-47-45-18-7-11-27-53(45)61-57(43)47)52-26-10-6-17-44(52)46-21-13-24-50-56(46)48-19-4-8-23-49(48)59(50)54-33-37-32-38-34-55(59)58(54,35-37)36-38/h1-31,37-38,54-55H,32-36H2. The van der Waals surface area contributed by atoms with Crippen LogP contribution < -0.4 is 4.90 Å². The molecule has 4 unspecified atom stereocenters. The van der Waals surface area contributed by atoms with Gasteiger partial charge >= 0.3 is 0 Å². The maximum atomic E-state index is 6.51. The molecule has 8 aromatic carbocycles. The van der Waals surface area contributed by atoms with Gasteiger partial charge in [-0.25, -0.2) is 0 Å². The molecule has 0 saturated heterocycles. The van der Waals surface area contributed by atoms with Gasteiger partial charge in [-0.05, 0) is 130 Å². The maximum Gasteiger partial charge on any atom is 0.143 e. The SMILES string of the molecule is c1ccc(-c2ccccc2N(c2ccc(-c3cccc4c3oc3ccccc34)cc2)c2ccccc2-c2cccc3c2-c2ccccc2C32C3CC4CC5CC2C3(C4)C5)cc1. The van der Waals surface area contributed by atoms with Crippen LogP contribution in [0.1, 0.15) is 43.2 Å². The predicted octanol–water partition coefficient (Wildman–Crippen LogP) is 15.8. The van der Waals surface area contributed by atoms with Crippen LogP contribution in [0.2, 0.25) is 0 Å². The van der Waals surface area contributed by atoms with E-state index < -0.39 is 0 Å². The highest BCUT2D eigenvalue weighted by atomic mass is 16.3. The van der Waals surface area contributed by atoms with Crippen molar-refractivity contribution in [1.29, 1.82) is 0 Å². The lowest BCUT2D eigenvalue weighted by Crippen LogP contribution is -2.62. The fourth-order valence-electron chi connectivity index (χ4n) is 14.5. The van der Waals surface area contributed by atoms with Crippen LogP contribution in [-0.2, 0) is 5.41 Å². The highest BCUT2D eigenvalue weighted by molar-refractivity contribution is 6.09. The van der Waals surface area contributed by atoms with Gasteiger partial charge in [-0.15, -0.1) is 0 Å². The molecule has 3 bridgehead atoms. The minimum atomic E-state index is 0.138. The smallest absolute Gasteiger partial charge is 0.143 e. The van der Waals surface area contributed by atoms with Gasteiger partial charge in [0.25, 0.3) is 0 Å². The predicted molar refractivity (Wildman–Crippen MR) is 250 cm³/mol. The van der Waals surface area contributed by atoms with Gasteiger partial charge in [0, 0.05) is 38.6 Å². The molecule has 14 rings (SSSR count). The van der Waals surface area contributed by atoms with Crippen molar-refractivity contribution in [2.45, 2.75) is 37.5 Å². The highest BCUT2D eigenvalue weighted by Crippen LogP contribution is 2.85. The van der Waals surface area contributed by atoms with E-state index >= 15 is 0 Å². The summed E-state index contributed by atoms with van der Waals surface area (Å²) in [4.78, 5) is 2.51. The van der Waals surface area contributed by atoms with Crippen LogP contribution >= 0.6 is 0 Å². The van der Waals surface area contributed by atoms with E-state index in [1.165, 1.54) is 71.2 Å². The van der Waals surface area contributed by atoms with E-state index in [1.54, 1.807) is 11.1 Å². The van der Waals surface area contributed by atoms with Gasteiger partial charge in [0.1, 0.15) is 11.2 Å². The van der Waals surface area contributed by atoms with Crippen molar-refractivity contribution in [1.82, 2.24) is 0 Å². The molecule has 0 amide bonds. The van der Waals surface area contributed by atoms with Crippen LogP contribution in [0.15, 0.2) is 192 Å². The van der Waals surface area contributed by atoms with Crippen molar-refractivity contribution in [3.63, 3.8) is 0 Å². The Bertz CT molecular complexity index is 3200. The van der Waals surface area contributed by atoms with E-state index in [0.717, 1.165) is 68.1 Å². The topological polar surface area (TPSA) is 16.4 Å². The summed E-state index contributed by atoms with van der Waals surface area (Å²) >= 11 is 0. The van der Waals surface area contributed by atoms with E-state index in [4.69, 9.17) is 4.42 Å². The number of benzene rings is 8. The first-order valence-electron chi connectivity index (χ1n) is 22.5. The van der Waals surface area contributed by atoms with Crippen LogP contribution in [0.5, 0.6) is 0 Å². The Morgan fingerprint density at radius 3 is 1.80 bits per heavy atom. The zero-order valence-corrected chi connectivity index (χ0v) is 34.1. The molecule has 0 N–H and O–H groups in total. The number of para-hydroxylation sites is 4. The lowest BCUT2D eigenvalue weighted by atomic mass is 9.38. The number of fused-ring (bicyclic) bond motifs is 12. The van der Waals surface area contributed by atoms with E-state index in [1.807, 2.05) is 6.07 Å². The van der Waals surface area contributed by atoms with Crippen molar-refractivity contribution < 1.29 is 4.42 Å². The first-order valence-corrected chi connectivity index (χ1v) is 22.5. The molecular weight excluding hydrogens is 739 g/mol. The highest BCUT2D eigenvalue weighted by Gasteiger charge is 2.79. The molecule has 2 spiro atoms. The fraction of sp³-hybridized carbons (Fsp3) is 0.186. The zero-order valence-electron chi connectivity index (χ0n) is 34.1. The zero-order chi connectivity index (χ0) is 39.9. The molecule has 9 aromatic rings. The first kappa shape index (κ1) is 34.1. The van der Waals surface area contributed by atoms with Gasteiger partial charge in [-0.3, -0.25) is 0 Å². The molecule has 61 heavy (non-hydrogen) atoms. The molecular formula is C59H45NO. The molecule has 4 saturated carbocycles. The van der Waals surface area contributed by atoms with Crippen molar-refractivity contribution >= 4 is 39.0 Å². The quantitative estimate of drug-likeness (QED) is 0.167. The van der Waals surface area contributed by atoms with Gasteiger partial charge in [0.05, 0.1) is 11.4 Å². The van der Waals surface area contributed by atoms with Crippen LogP contribution in [0.25, 0.3) is 66.4 Å².